The second kappa shape index (κ2) is 9.60. The molecule has 0 radical (unpaired) electrons. The van der Waals surface area contributed by atoms with E-state index in [-0.39, 0.29) is 12.0 Å². The van der Waals surface area contributed by atoms with Crippen molar-refractivity contribution in [2.75, 3.05) is 33.9 Å². The van der Waals surface area contributed by atoms with Crippen LogP contribution in [0.1, 0.15) is 18.6 Å². The second-order valence-corrected chi connectivity index (χ2v) is 5.24. The van der Waals surface area contributed by atoms with E-state index in [0.717, 1.165) is 12.1 Å². The fourth-order valence-corrected chi connectivity index (χ4v) is 2.31. The van der Waals surface area contributed by atoms with Crippen molar-refractivity contribution in [2.24, 2.45) is 5.92 Å². The van der Waals surface area contributed by atoms with Crippen LogP contribution in [-0.2, 0) is 9.47 Å². The molecular formula is C15H23ClN2O3. The van der Waals surface area contributed by atoms with Crippen molar-refractivity contribution in [3.63, 3.8) is 0 Å². The maximum absolute atomic E-state index is 11.0. The molecule has 0 bridgehead atoms. The quantitative estimate of drug-likeness (QED) is 0.724. The maximum atomic E-state index is 11.0. The molecule has 0 fully saturated rings. The van der Waals surface area contributed by atoms with E-state index in [0.29, 0.717) is 18.2 Å². The zero-order chi connectivity index (χ0) is 15.7. The summed E-state index contributed by atoms with van der Waals surface area (Å²) in [6.45, 7) is 3.73. The van der Waals surface area contributed by atoms with Crippen LogP contribution in [-0.4, -0.2) is 39.9 Å². The van der Waals surface area contributed by atoms with Gasteiger partial charge in [0, 0.05) is 18.1 Å². The van der Waals surface area contributed by atoms with Crippen molar-refractivity contribution in [1.29, 1.82) is 0 Å². The molecule has 0 aliphatic heterocycles. The van der Waals surface area contributed by atoms with Crippen LogP contribution in [0.15, 0.2) is 24.3 Å². The zero-order valence-electron chi connectivity index (χ0n) is 12.7. The van der Waals surface area contributed by atoms with Crippen LogP contribution in [0, 0.1) is 5.92 Å². The monoisotopic (exact) mass is 314 g/mol. The molecule has 6 heteroatoms. The molecule has 0 aliphatic rings. The zero-order valence-corrected chi connectivity index (χ0v) is 13.4. The highest BCUT2D eigenvalue weighted by molar-refractivity contribution is 6.30. The smallest absolute Gasteiger partial charge is 0.406 e. The van der Waals surface area contributed by atoms with E-state index in [1.54, 1.807) is 0 Å². The molecule has 1 aromatic rings. The predicted octanol–water partition coefficient (Wildman–Crippen LogP) is 2.61. The van der Waals surface area contributed by atoms with Gasteiger partial charge in [-0.25, -0.2) is 4.79 Å². The lowest BCUT2D eigenvalue weighted by atomic mass is 9.97. The lowest BCUT2D eigenvalue weighted by Crippen LogP contribution is -2.29. The van der Waals surface area contributed by atoms with Gasteiger partial charge in [-0.3, -0.25) is 0 Å². The van der Waals surface area contributed by atoms with E-state index in [1.807, 2.05) is 31.3 Å². The molecule has 0 saturated carbocycles. The molecule has 0 heterocycles. The molecular weight excluding hydrogens is 292 g/mol. The Morgan fingerprint density at radius 2 is 2.19 bits per heavy atom. The first-order valence-corrected chi connectivity index (χ1v) is 7.29. The predicted molar refractivity (Wildman–Crippen MR) is 83.6 cm³/mol. The van der Waals surface area contributed by atoms with Gasteiger partial charge in [-0.15, -0.1) is 0 Å². The summed E-state index contributed by atoms with van der Waals surface area (Å²) in [6, 6.07) is 7.65. The maximum Gasteiger partial charge on any atom is 0.406 e. The summed E-state index contributed by atoms with van der Waals surface area (Å²) in [5.41, 5.74) is 1.03. The number of alkyl carbamates (subject to hydrolysis) is 1. The summed E-state index contributed by atoms with van der Waals surface area (Å²) in [6.07, 6.45) is -0.545. The Labute approximate surface area is 131 Å². The van der Waals surface area contributed by atoms with Crippen LogP contribution in [0.25, 0.3) is 0 Å². The summed E-state index contributed by atoms with van der Waals surface area (Å²) < 4.78 is 10.4. The summed E-state index contributed by atoms with van der Waals surface area (Å²) in [5, 5.41) is 6.43. The number of hydrogen-bond donors (Lipinski definition) is 2. The van der Waals surface area contributed by atoms with Gasteiger partial charge in [0.25, 0.3) is 0 Å². The van der Waals surface area contributed by atoms with Crippen LogP contribution in [0.3, 0.4) is 0 Å². The van der Waals surface area contributed by atoms with Crippen LogP contribution < -0.4 is 10.6 Å². The molecule has 2 N–H and O–H groups in total. The van der Waals surface area contributed by atoms with Crippen molar-refractivity contribution in [3.05, 3.63) is 34.9 Å². The third kappa shape index (κ3) is 6.33. The lowest BCUT2D eigenvalue weighted by Gasteiger charge is -2.25. The van der Waals surface area contributed by atoms with Crippen LogP contribution in [0.4, 0.5) is 4.79 Å². The SMILES string of the molecule is CNCC(C)C(OCCNC(=O)OC)c1cccc(Cl)c1. The minimum absolute atomic E-state index is 0.0874. The first kappa shape index (κ1) is 17.8. The molecule has 0 aliphatic carbocycles. The summed E-state index contributed by atoms with van der Waals surface area (Å²) in [4.78, 5) is 11.0. The average molecular weight is 315 g/mol. The fraction of sp³-hybridized carbons (Fsp3) is 0.533. The molecule has 21 heavy (non-hydrogen) atoms. The topological polar surface area (TPSA) is 59.6 Å². The van der Waals surface area contributed by atoms with Crippen molar-refractivity contribution in [2.45, 2.75) is 13.0 Å². The number of halogens is 1. The normalized spacial score (nSPS) is 13.5. The third-order valence-electron chi connectivity index (χ3n) is 3.07. The number of carbonyl (C=O) groups excluding carboxylic acids is 1. The van der Waals surface area contributed by atoms with Gasteiger partial charge in [-0.2, -0.15) is 0 Å². The second-order valence-electron chi connectivity index (χ2n) is 4.80. The number of carbonyl (C=O) groups is 1. The van der Waals surface area contributed by atoms with Gasteiger partial charge in [0.2, 0.25) is 0 Å². The van der Waals surface area contributed by atoms with E-state index in [1.165, 1.54) is 7.11 Å². The molecule has 0 aromatic heterocycles. The highest BCUT2D eigenvalue weighted by atomic mass is 35.5. The number of hydrogen-bond acceptors (Lipinski definition) is 4. The van der Waals surface area contributed by atoms with Gasteiger partial charge < -0.3 is 20.1 Å². The summed E-state index contributed by atoms with van der Waals surface area (Å²) >= 11 is 6.05. The van der Waals surface area contributed by atoms with E-state index in [9.17, 15) is 4.79 Å². The first-order chi connectivity index (χ1) is 10.1. The van der Waals surface area contributed by atoms with Gasteiger partial charge in [0.05, 0.1) is 19.8 Å². The summed E-state index contributed by atoms with van der Waals surface area (Å²) in [7, 11) is 3.24. The molecule has 1 rings (SSSR count). The largest absolute Gasteiger partial charge is 0.453 e. The lowest BCUT2D eigenvalue weighted by molar-refractivity contribution is 0.0182. The minimum Gasteiger partial charge on any atom is -0.453 e. The van der Waals surface area contributed by atoms with Crippen LogP contribution in [0.2, 0.25) is 5.02 Å². The van der Waals surface area contributed by atoms with Crippen LogP contribution >= 0.6 is 11.6 Å². The molecule has 1 aromatic carbocycles. The Morgan fingerprint density at radius 1 is 1.43 bits per heavy atom. The van der Waals surface area contributed by atoms with Gasteiger partial charge in [0.15, 0.2) is 0 Å². The first-order valence-electron chi connectivity index (χ1n) is 6.92. The van der Waals surface area contributed by atoms with E-state index < -0.39 is 6.09 Å². The third-order valence-corrected chi connectivity index (χ3v) is 3.31. The van der Waals surface area contributed by atoms with E-state index in [2.05, 4.69) is 22.3 Å². The molecule has 2 unspecified atom stereocenters. The molecule has 5 nitrogen and oxygen atoms in total. The molecule has 0 spiro atoms. The highest BCUT2D eigenvalue weighted by Crippen LogP contribution is 2.27. The Balaban J connectivity index is 2.63. The van der Waals surface area contributed by atoms with Gasteiger partial charge in [0.1, 0.15) is 0 Å². The molecule has 1 amide bonds. The number of benzene rings is 1. The number of rotatable bonds is 8. The minimum atomic E-state index is -0.457. The molecule has 0 saturated heterocycles. The molecule has 118 valence electrons. The average Bonchev–Trinajstić information content (AvgIpc) is 2.47. The van der Waals surface area contributed by atoms with E-state index >= 15 is 0 Å². The number of ether oxygens (including phenoxy) is 2. The number of amides is 1. The van der Waals surface area contributed by atoms with E-state index in [4.69, 9.17) is 16.3 Å². The van der Waals surface area contributed by atoms with Crippen LogP contribution in [0.5, 0.6) is 0 Å². The Bertz CT molecular complexity index is 443. The Hall–Kier alpha value is -1.30. The Kier molecular flexibility index (Phi) is 8.12. The Morgan fingerprint density at radius 3 is 2.81 bits per heavy atom. The fourth-order valence-electron chi connectivity index (χ4n) is 2.11. The van der Waals surface area contributed by atoms with Gasteiger partial charge in [-0.1, -0.05) is 30.7 Å². The van der Waals surface area contributed by atoms with Crippen molar-refractivity contribution < 1.29 is 14.3 Å². The number of nitrogens with one attached hydrogen (secondary N) is 2. The van der Waals surface area contributed by atoms with Crippen molar-refractivity contribution in [1.82, 2.24) is 10.6 Å². The standard InChI is InChI=1S/C15H23ClN2O3/c1-11(10-17-2)14(12-5-4-6-13(16)9-12)21-8-7-18-15(19)20-3/h4-6,9,11,14,17H,7-8,10H2,1-3H3,(H,18,19). The number of methoxy groups -OCH3 is 1. The molecule has 2 atom stereocenters. The highest BCUT2D eigenvalue weighted by Gasteiger charge is 2.20. The summed E-state index contributed by atoms with van der Waals surface area (Å²) in [5.74, 6) is 0.270. The van der Waals surface area contributed by atoms with Crippen molar-refractivity contribution >= 4 is 17.7 Å². The van der Waals surface area contributed by atoms with Crippen molar-refractivity contribution in [3.8, 4) is 0 Å². The van der Waals surface area contributed by atoms with Gasteiger partial charge in [-0.05, 0) is 30.7 Å². The van der Waals surface area contributed by atoms with Gasteiger partial charge >= 0.3 is 6.09 Å².